The van der Waals surface area contributed by atoms with Crippen LogP contribution in [-0.4, -0.2) is 29.5 Å². The van der Waals surface area contributed by atoms with Gasteiger partial charge in [-0.3, -0.25) is 4.79 Å². The summed E-state index contributed by atoms with van der Waals surface area (Å²) in [5, 5.41) is 3.85. The number of fused-ring (bicyclic) bond motifs is 1. The number of carbonyl (C=O) groups is 1. The van der Waals surface area contributed by atoms with Crippen molar-refractivity contribution in [1.29, 1.82) is 0 Å². The number of pyridine rings is 1. The summed E-state index contributed by atoms with van der Waals surface area (Å²) in [7, 11) is 2.03. The summed E-state index contributed by atoms with van der Waals surface area (Å²) in [5.74, 6) is -0.130. The van der Waals surface area contributed by atoms with E-state index in [0.29, 0.717) is 11.2 Å². The SMILES string of the molecule is CCCN(C)c1ccccc1NC(=O)c1ccnc2[nH]ccc12. The maximum atomic E-state index is 12.7. The minimum absolute atomic E-state index is 0.130. The van der Waals surface area contributed by atoms with Crippen LogP contribution < -0.4 is 10.2 Å². The van der Waals surface area contributed by atoms with Crippen LogP contribution in [0.25, 0.3) is 11.0 Å². The van der Waals surface area contributed by atoms with Crippen LogP contribution in [0, 0.1) is 0 Å². The van der Waals surface area contributed by atoms with Gasteiger partial charge >= 0.3 is 0 Å². The second kappa shape index (κ2) is 6.52. The summed E-state index contributed by atoms with van der Waals surface area (Å²) in [4.78, 5) is 22.1. The smallest absolute Gasteiger partial charge is 0.256 e. The first kappa shape index (κ1) is 15.1. The minimum atomic E-state index is -0.130. The van der Waals surface area contributed by atoms with E-state index < -0.39 is 0 Å². The summed E-state index contributed by atoms with van der Waals surface area (Å²) < 4.78 is 0. The van der Waals surface area contributed by atoms with Crippen molar-refractivity contribution in [3.05, 3.63) is 54.4 Å². The van der Waals surface area contributed by atoms with E-state index in [2.05, 4.69) is 27.1 Å². The van der Waals surface area contributed by atoms with Crippen molar-refractivity contribution in [3.63, 3.8) is 0 Å². The van der Waals surface area contributed by atoms with Gasteiger partial charge in [0.25, 0.3) is 5.91 Å². The number of nitrogens with one attached hydrogen (secondary N) is 2. The molecule has 0 atom stereocenters. The average molecular weight is 308 g/mol. The molecule has 0 aliphatic carbocycles. The molecule has 2 heterocycles. The van der Waals surface area contributed by atoms with Crippen LogP contribution in [0.2, 0.25) is 0 Å². The highest BCUT2D eigenvalue weighted by Gasteiger charge is 2.14. The van der Waals surface area contributed by atoms with E-state index in [1.165, 1.54) is 0 Å². The lowest BCUT2D eigenvalue weighted by atomic mass is 10.1. The molecule has 0 unspecified atom stereocenters. The monoisotopic (exact) mass is 308 g/mol. The molecule has 3 rings (SSSR count). The van der Waals surface area contributed by atoms with Crippen LogP contribution in [0.5, 0.6) is 0 Å². The van der Waals surface area contributed by atoms with Crippen LogP contribution in [-0.2, 0) is 0 Å². The Bertz CT molecular complexity index is 825. The van der Waals surface area contributed by atoms with E-state index in [9.17, 15) is 4.79 Å². The third-order valence-corrected chi connectivity index (χ3v) is 3.83. The van der Waals surface area contributed by atoms with Crippen molar-refractivity contribution in [2.24, 2.45) is 0 Å². The van der Waals surface area contributed by atoms with Gasteiger partial charge in [-0.25, -0.2) is 4.98 Å². The molecule has 0 bridgehead atoms. The molecule has 2 N–H and O–H groups in total. The van der Waals surface area contributed by atoms with E-state index in [1.807, 2.05) is 37.4 Å². The highest BCUT2D eigenvalue weighted by atomic mass is 16.1. The van der Waals surface area contributed by atoms with Crippen LogP contribution in [0.15, 0.2) is 48.8 Å². The van der Waals surface area contributed by atoms with E-state index in [1.54, 1.807) is 18.5 Å². The number of aromatic amines is 1. The Morgan fingerprint density at radius 3 is 2.91 bits per heavy atom. The quantitative estimate of drug-likeness (QED) is 0.756. The molecule has 1 aromatic carbocycles. The van der Waals surface area contributed by atoms with Crippen molar-refractivity contribution < 1.29 is 4.79 Å². The van der Waals surface area contributed by atoms with Gasteiger partial charge in [-0.1, -0.05) is 19.1 Å². The first-order chi connectivity index (χ1) is 11.2. The zero-order chi connectivity index (χ0) is 16.2. The zero-order valence-electron chi connectivity index (χ0n) is 13.3. The summed E-state index contributed by atoms with van der Waals surface area (Å²) in [5.41, 5.74) is 3.16. The molecule has 0 aliphatic heterocycles. The van der Waals surface area contributed by atoms with Crippen molar-refractivity contribution >= 4 is 28.3 Å². The third-order valence-electron chi connectivity index (χ3n) is 3.83. The fourth-order valence-corrected chi connectivity index (χ4v) is 2.72. The predicted octanol–water partition coefficient (Wildman–Crippen LogP) is 3.66. The summed E-state index contributed by atoms with van der Waals surface area (Å²) >= 11 is 0. The summed E-state index contributed by atoms with van der Waals surface area (Å²) in [6, 6.07) is 11.5. The largest absolute Gasteiger partial charge is 0.373 e. The van der Waals surface area contributed by atoms with Crippen LogP contribution >= 0.6 is 0 Å². The lowest BCUT2D eigenvalue weighted by molar-refractivity contribution is 0.102. The number of anilines is 2. The first-order valence-corrected chi connectivity index (χ1v) is 7.74. The van der Waals surface area contributed by atoms with Crippen molar-refractivity contribution in [3.8, 4) is 0 Å². The van der Waals surface area contributed by atoms with Crippen molar-refractivity contribution in [2.45, 2.75) is 13.3 Å². The third kappa shape index (κ3) is 3.04. The Morgan fingerprint density at radius 2 is 2.09 bits per heavy atom. The Morgan fingerprint density at radius 1 is 1.26 bits per heavy atom. The fourth-order valence-electron chi connectivity index (χ4n) is 2.72. The number of rotatable bonds is 5. The van der Waals surface area contributed by atoms with Crippen LogP contribution in [0.3, 0.4) is 0 Å². The molecular formula is C18H20N4O. The number of para-hydroxylation sites is 2. The highest BCUT2D eigenvalue weighted by molar-refractivity contribution is 6.12. The molecular weight excluding hydrogens is 288 g/mol. The van der Waals surface area contributed by atoms with Gasteiger partial charge in [-0.2, -0.15) is 0 Å². The maximum absolute atomic E-state index is 12.7. The number of carbonyl (C=O) groups excluding carboxylic acids is 1. The van der Waals surface area contributed by atoms with E-state index in [-0.39, 0.29) is 5.91 Å². The van der Waals surface area contributed by atoms with Gasteiger partial charge in [0, 0.05) is 31.4 Å². The number of hydrogen-bond acceptors (Lipinski definition) is 3. The van der Waals surface area contributed by atoms with Gasteiger partial charge in [0.05, 0.1) is 16.9 Å². The molecule has 118 valence electrons. The second-order valence-electron chi connectivity index (χ2n) is 5.49. The zero-order valence-corrected chi connectivity index (χ0v) is 13.3. The number of hydrogen-bond donors (Lipinski definition) is 2. The van der Waals surface area contributed by atoms with E-state index in [0.717, 1.165) is 29.7 Å². The Kier molecular flexibility index (Phi) is 4.28. The molecule has 23 heavy (non-hydrogen) atoms. The predicted molar refractivity (Wildman–Crippen MR) is 94.0 cm³/mol. The molecule has 0 radical (unpaired) electrons. The molecule has 3 aromatic rings. The Hall–Kier alpha value is -2.82. The van der Waals surface area contributed by atoms with Gasteiger partial charge < -0.3 is 15.2 Å². The van der Waals surface area contributed by atoms with Crippen LogP contribution in [0.1, 0.15) is 23.7 Å². The lowest BCUT2D eigenvalue weighted by Gasteiger charge is -2.22. The normalized spacial score (nSPS) is 10.7. The molecule has 0 saturated heterocycles. The van der Waals surface area contributed by atoms with E-state index in [4.69, 9.17) is 0 Å². The number of nitrogens with zero attached hydrogens (tertiary/aromatic N) is 2. The van der Waals surface area contributed by atoms with E-state index >= 15 is 0 Å². The number of H-pyrrole nitrogens is 1. The summed E-state index contributed by atoms with van der Waals surface area (Å²) in [6.45, 7) is 3.07. The molecule has 1 amide bonds. The second-order valence-corrected chi connectivity index (χ2v) is 5.49. The number of amides is 1. The number of aromatic nitrogens is 2. The van der Waals surface area contributed by atoms with Gasteiger partial charge in [0.15, 0.2) is 0 Å². The first-order valence-electron chi connectivity index (χ1n) is 7.74. The highest BCUT2D eigenvalue weighted by Crippen LogP contribution is 2.26. The molecule has 2 aromatic heterocycles. The minimum Gasteiger partial charge on any atom is -0.373 e. The molecule has 0 fully saturated rings. The summed E-state index contributed by atoms with van der Waals surface area (Å²) in [6.07, 6.45) is 4.48. The molecule has 5 nitrogen and oxygen atoms in total. The standard InChI is InChI=1S/C18H20N4O/c1-3-12-22(2)16-7-5-4-6-15(16)21-18(23)14-9-11-20-17-13(14)8-10-19-17/h4-11H,3,12H2,1-2H3,(H,19,20)(H,21,23). The van der Waals surface area contributed by atoms with Crippen molar-refractivity contribution in [2.75, 3.05) is 23.8 Å². The Labute approximate surface area is 135 Å². The van der Waals surface area contributed by atoms with Crippen molar-refractivity contribution in [1.82, 2.24) is 9.97 Å². The lowest BCUT2D eigenvalue weighted by Crippen LogP contribution is -2.21. The maximum Gasteiger partial charge on any atom is 0.256 e. The topological polar surface area (TPSA) is 61.0 Å². The molecule has 0 spiro atoms. The average Bonchev–Trinajstić information content (AvgIpc) is 3.04. The fraction of sp³-hybridized carbons (Fsp3) is 0.222. The van der Waals surface area contributed by atoms with Gasteiger partial charge in [0.1, 0.15) is 5.65 Å². The number of benzene rings is 1. The van der Waals surface area contributed by atoms with Gasteiger partial charge in [-0.15, -0.1) is 0 Å². The van der Waals surface area contributed by atoms with Gasteiger partial charge in [-0.05, 0) is 30.7 Å². The molecule has 5 heteroatoms. The molecule has 0 aliphatic rings. The Balaban J connectivity index is 1.90. The molecule has 0 saturated carbocycles. The van der Waals surface area contributed by atoms with Gasteiger partial charge in [0.2, 0.25) is 0 Å². The van der Waals surface area contributed by atoms with Crippen LogP contribution in [0.4, 0.5) is 11.4 Å².